The fourth-order valence-electron chi connectivity index (χ4n) is 1.70. The van der Waals surface area contributed by atoms with Gasteiger partial charge in [-0.05, 0) is 54.8 Å². The highest BCUT2D eigenvalue weighted by atomic mass is 16.4. The fraction of sp³-hybridized carbons (Fsp3) is 0.125. The molecule has 4 heteroatoms. The van der Waals surface area contributed by atoms with Crippen molar-refractivity contribution in [1.82, 2.24) is 0 Å². The fourth-order valence-corrected chi connectivity index (χ4v) is 1.70. The number of hydrogen-bond donors (Lipinski definition) is 2. The summed E-state index contributed by atoms with van der Waals surface area (Å²) in [6.07, 6.45) is 1.65. The maximum Gasteiger partial charge on any atom is 0.335 e. The van der Waals surface area contributed by atoms with Gasteiger partial charge in [-0.1, -0.05) is 18.2 Å². The predicted molar refractivity (Wildman–Crippen MR) is 80.5 cm³/mol. The molecule has 0 atom stereocenters. The summed E-state index contributed by atoms with van der Waals surface area (Å²) in [5.41, 5.74) is 7.43. The van der Waals surface area contributed by atoms with Crippen molar-refractivity contribution in [1.29, 1.82) is 0 Å². The van der Waals surface area contributed by atoms with E-state index >= 15 is 0 Å². The first-order valence-electron chi connectivity index (χ1n) is 6.26. The Kier molecular flexibility index (Phi) is 4.15. The summed E-state index contributed by atoms with van der Waals surface area (Å²) in [4.78, 5) is 10.7. The van der Waals surface area contributed by atoms with Gasteiger partial charge in [0, 0.05) is 0 Å². The number of aromatic carboxylic acids is 1. The highest BCUT2D eigenvalue weighted by molar-refractivity contribution is 5.89. The van der Waals surface area contributed by atoms with Gasteiger partial charge in [-0.2, -0.15) is 5.10 Å². The minimum Gasteiger partial charge on any atom is -0.478 e. The number of carboxylic acids is 1. The van der Waals surface area contributed by atoms with Crippen molar-refractivity contribution >= 4 is 17.9 Å². The number of carbonyl (C=O) groups is 1. The molecule has 0 unspecified atom stereocenters. The smallest absolute Gasteiger partial charge is 0.335 e. The van der Waals surface area contributed by atoms with Gasteiger partial charge in [-0.15, -0.1) is 0 Å². The molecule has 0 radical (unpaired) electrons. The largest absolute Gasteiger partial charge is 0.478 e. The molecule has 0 fully saturated rings. The molecule has 2 N–H and O–H groups in total. The van der Waals surface area contributed by atoms with E-state index < -0.39 is 5.97 Å². The Morgan fingerprint density at radius 3 is 2.40 bits per heavy atom. The van der Waals surface area contributed by atoms with E-state index in [9.17, 15) is 4.79 Å². The summed E-state index contributed by atoms with van der Waals surface area (Å²) in [5.74, 6) is -0.929. The van der Waals surface area contributed by atoms with Gasteiger partial charge in [0.1, 0.15) is 0 Å². The molecule has 0 heterocycles. The van der Waals surface area contributed by atoms with Crippen LogP contribution in [0.15, 0.2) is 47.6 Å². The van der Waals surface area contributed by atoms with Crippen LogP contribution in [0.25, 0.3) is 0 Å². The topological polar surface area (TPSA) is 61.7 Å². The van der Waals surface area contributed by atoms with Crippen LogP contribution in [-0.4, -0.2) is 17.3 Å². The normalized spacial score (nSPS) is 10.7. The number of hydrogen-bond acceptors (Lipinski definition) is 3. The molecule has 4 nitrogen and oxygen atoms in total. The molecule has 0 spiro atoms. The van der Waals surface area contributed by atoms with Crippen molar-refractivity contribution in [3.8, 4) is 0 Å². The number of anilines is 1. The van der Waals surface area contributed by atoms with E-state index in [-0.39, 0.29) is 5.56 Å². The zero-order valence-corrected chi connectivity index (χ0v) is 11.4. The van der Waals surface area contributed by atoms with E-state index in [2.05, 4.69) is 24.4 Å². The standard InChI is InChI=1S/C16H16N2O2/c1-11-3-8-15(9-12(11)2)18-17-10-13-4-6-14(7-5-13)16(19)20/h3-10,18H,1-2H3,(H,19,20). The first kappa shape index (κ1) is 13.8. The molecule has 0 saturated heterocycles. The number of benzene rings is 2. The summed E-state index contributed by atoms with van der Waals surface area (Å²) in [6, 6.07) is 12.6. The number of carboxylic acid groups (broad SMARTS) is 1. The zero-order chi connectivity index (χ0) is 14.5. The van der Waals surface area contributed by atoms with Crippen LogP contribution in [0.1, 0.15) is 27.0 Å². The quantitative estimate of drug-likeness (QED) is 0.659. The summed E-state index contributed by atoms with van der Waals surface area (Å²) in [6.45, 7) is 4.11. The van der Waals surface area contributed by atoms with Gasteiger partial charge in [-0.3, -0.25) is 5.43 Å². The molecule has 2 aromatic carbocycles. The van der Waals surface area contributed by atoms with Crippen LogP contribution < -0.4 is 5.43 Å². The number of nitrogens with one attached hydrogen (secondary N) is 1. The molecular formula is C16H16N2O2. The Morgan fingerprint density at radius 2 is 1.80 bits per heavy atom. The van der Waals surface area contributed by atoms with Crippen LogP contribution in [0.4, 0.5) is 5.69 Å². The number of aryl methyl sites for hydroxylation is 2. The minimum atomic E-state index is -0.929. The second-order valence-corrected chi connectivity index (χ2v) is 4.60. The molecule has 0 aromatic heterocycles. The summed E-state index contributed by atoms with van der Waals surface area (Å²) < 4.78 is 0. The van der Waals surface area contributed by atoms with Crippen molar-refractivity contribution in [2.24, 2.45) is 5.10 Å². The first-order valence-corrected chi connectivity index (χ1v) is 6.26. The van der Waals surface area contributed by atoms with Crippen molar-refractivity contribution < 1.29 is 9.90 Å². The maximum absolute atomic E-state index is 10.7. The molecule has 0 aliphatic carbocycles. The third kappa shape index (κ3) is 3.45. The molecule has 0 bridgehead atoms. The van der Waals surface area contributed by atoms with Crippen molar-refractivity contribution in [2.45, 2.75) is 13.8 Å². The monoisotopic (exact) mass is 268 g/mol. The SMILES string of the molecule is Cc1ccc(NN=Cc2ccc(C(=O)O)cc2)cc1C. The maximum atomic E-state index is 10.7. The van der Waals surface area contributed by atoms with Gasteiger partial charge in [0.05, 0.1) is 17.5 Å². The van der Waals surface area contributed by atoms with Gasteiger partial charge in [-0.25, -0.2) is 4.79 Å². The zero-order valence-electron chi connectivity index (χ0n) is 11.4. The van der Waals surface area contributed by atoms with Gasteiger partial charge in [0.15, 0.2) is 0 Å². The number of nitrogens with zero attached hydrogens (tertiary/aromatic N) is 1. The second kappa shape index (κ2) is 6.02. The van der Waals surface area contributed by atoms with E-state index in [4.69, 9.17) is 5.11 Å². The third-order valence-corrected chi connectivity index (χ3v) is 3.07. The van der Waals surface area contributed by atoms with Crippen molar-refractivity contribution in [3.63, 3.8) is 0 Å². The Balaban J connectivity index is 2.02. The average molecular weight is 268 g/mol. The van der Waals surface area contributed by atoms with Crippen LogP contribution in [-0.2, 0) is 0 Å². The second-order valence-electron chi connectivity index (χ2n) is 4.60. The summed E-state index contributed by atoms with van der Waals surface area (Å²) in [5, 5.41) is 12.9. The first-order chi connectivity index (χ1) is 9.56. The Morgan fingerprint density at radius 1 is 1.10 bits per heavy atom. The van der Waals surface area contributed by atoms with Gasteiger partial charge in [0.2, 0.25) is 0 Å². The van der Waals surface area contributed by atoms with Gasteiger partial charge in [0.25, 0.3) is 0 Å². The van der Waals surface area contributed by atoms with Crippen LogP contribution >= 0.6 is 0 Å². The molecule has 2 aromatic rings. The Labute approximate surface area is 117 Å². The van der Waals surface area contributed by atoms with E-state index in [0.29, 0.717) is 0 Å². The van der Waals surface area contributed by atoms with Crippen LogP contribution in [0, 0.1) is 13.8 Å². The predicted octanol–water partition coefficient (Wildman–Crippen LogP) is 3.45. The molecule has 0 aliphatic rings. The summed E-state index contributed by atoms with van der Waals surface area (Å²) in [7, 11) is 0. The lowest BCUT2D eigenvalue weighted by Gasteiger charge is -2.04. The highest BCUT2D eigenvalue weighted by Crippen LogP contribution is 2.14. The third-order valence-electron chi connectivity index (χ3n) is 3.07. The Hall–Kier alpha value is -2.62. The minimum absolute atomic E-state index is 0.268. The summed E-state index contributed by atoms with van der Waals surface area (Å²) >= 11 is 0. The van der Waals surface area contributed by atoms with Crippen molar-refractivity contribution in [2.75, 3.05) is 5.43 Å². The number of rotatable bonds is 4. The molecule has 2 rings (SSSR count). The molecular weight excluding hydrogens is 252 g/mol. The molecule has 0 amide bonds. The van der Waals surface area contributed by atoms with Gasteiger partial charge >= 0.3 is 5.97 Å². The van der Waals surface area contributed by atoms with Crippen LogP contribution in [0.2, 0.25) is 0 Å². The molecule has 102 valence electrons. The lowest BCUT2D eigenvalue weighted by atomic mass is 10.1. The van der Waals surface area contributed by atoms with E-state index in [1.807, 2.05) is 18.2 Å². The average Bonchev–Trinajstić information content (AvgIpc) is 2.43. The lowest BCUT2D eigenvalue weighted by molar-refractivity contribution is 0.0697. The van der Waals surface area contributed by atoms with Crippen molar-refractivity contribution in [3.05, 3.63) is 64.7 Å². The number of hydrazone groups is 1. The molecule has 20 heavy (non-hydrogen) atoms. The van der Waals surface area contributed by atoms with Crippen LogP contribution in [0.5, 0.6) is 0 Å². The highest BCUT2D eigenvalue weighted by Gasteiger charge is 2.00. The Bertz CT molecular complexity index is 646. The van der Waals surface area contributed by atoms with E-state index in [1.54, 1.807) is 30.5 Å². The van der Waals surface area contributed by atoms with E-state index in [0.717, 1.165) is 11.3 Å². The van der Waals surface area contributed by atoms with E-state index in [1.165, 1.54) is 11.1 Å². The lowest BCUT2D eigenvalue weighted by Crippen LogP contribution is -1.96. The molecule has 0 saturated carbocycles. The van der Waals surface area contributed by atoms with Crippen LogP contribution in [0.3, 0.4) is 0 Å². The van der Waals surface area contributed by atoms with Gasteiger partial charge < -0.3 is 5.11 Å². The molecule has 0 aliphatic heterocycles.